The first kappa shape index (κ1) is 23.8. The molecule has 0 bridgehead atoms. The minimum Gasteiger partial charge on any atom is -0.381 e. The first-order valence-corrected chi connectivity index (χ1v) is 13.0. The highest BCUT2D eigenvalue weighted by Crippen LogP contribution is 2.67. The maximum absolute atomic E-state index is 15.6. The molecule has 5 aliphatic carbocycles. The molecule has 1 N–H and O–H groups in total. The zero-order valence-electron chi connectivity index (χ0n) is 20.6. The van der Waals surface area contributed by atoms with Gasteiger partial charge >= 0.3 is 0 Å². The van der Waals surface area contributed by atoms with Gasteiger partial charge in [0, 0.05) is 29.7 Å². The minimum atomic E-state index is -1.61. The number of rotatable bonds is 4. The average Bonchev–Trinajstić information content (AvgIpc) is 3.02. The van der Waals surface area contributed by atoms with Crippen LogP contribution in [0.5, 0.6) is 0 Å². The van der Waals surface area contributed by atoms with Gasteiger partial charge in [0.25, 0.3) is 0 Å². The van der Waals surface area contributed by atoms with E-state index in [1.165, 1.54) is 5.57 Å². The lowest BCUT2D eigenvalue weighted by Crippen LogP contribution is -2.58. The second kappa shape index (κ2) is 8.08. The highest BCUT2D eigenvalue weighted by Gasteiger charge is 2.68. The van der Waals surface area contributed by atoms with Crippen LogP contribution in [-0.4, -0.2) is 34.2 Å². The summed E-state index contributed by atoms with van der Waals surface area (Å²) in [6.07, 6.45) is 11.1. The summed E-state index contributed by atoms with van der Waals surface area (Å²) in [4.78, 5) is 38.5. The molecule has 0 aliphatic heterocycles. The van der Waals surface area contributed by atoms with Crippen LogP contribution in [0, 0.1) is 34.5 Å². The molecular weight excluding hydrogens is 431 g/mol. The van der Waals surface area contributed by atoms with Crippen LogP contribution in [-0.2, 0) is 14.4 Å². The molecule has 0 aromatic carbocycles. The summed E-state index contributed by atoms with van der Waals surface area (Å²) in [7, 11) is 0. The van der Waals surface area contributed by atoms with Gasteiger partial charge in [-0.1, -0.05) is 50.6 Å². The predicted octanol–water partition coefficient (Wildman–Crippen LogP) is 5.25. The van der Waals surface area contributed by atoms with Gasteiger partial charge < -0.3 is 5.11 Å². The van der Waals surface area contributed by atoms with Gasteiger partial charge in [0.15, 0.2) is 11.6 Å². The number of hydrogen-bond acceptors (Lipinski definition) is 4. The van der Waals surface area contributed by atoms with Gasteiger partial charge in [-0.25, -0.2) is 4.39 Å². The molecule has 4 nitrogen and oxygen atoms in total. The number of carbonyl (C=O) groups is 3. The van der Waals surface area contributed by atoms with Crippen LogP contribution in [0.3, 0.4) is 0 Å². The largest absolute Gasteiger partial charge is 0.381 e. The molecular formula is C29H37FO4. The Bertz CT molecular complexity index is 1020. The van der Waals surface area contributed by atoms with Crippen molar-refractivity contribution in [3.63, 3.8) is 0 Å². The van der Waals surface area contributed by atoms with Crippen LogP contribution in [0.2, 0.25) is 0 Å². The van der Waals surface area contributed by atoms with E-state index in [1.807, 2.05) is 26.0 Å². The molecule has 3 saturated carbocycles. The maximum Gasteiger partial charge on any atom is 0.172 e. The fourth-order valence-electron chi connectivity index (χ4n) is 8.46. The van der Waals surface area contributed by atoms with Crippen LogP contribution < -0.4 is 0 Å². The highest BCUT2D eigenvalue weighted by molar-refractivity contribution is 6.11. The van der Waals surface area contributed by atoms with Crippen LogP contribution in [0.25, 0.3) is 0 Å². The summed E-state index contributed by atoms with van der Waals surface area (Å²) in [5, 5.41) is 12.0. The number of carbonyl (C=O) groups excluding carboxylic acids is 3. The summed E-state index contributed by atoms with van der Waals surface area (Å²) in [5.74, 6) is -1.10. The maximum atomic E-state index is 15.6. The molecule has 184 valence electrons. The monoisotopic (exact) mass is 468 g/mol. The van der Waals surface area contributed by atoms with Crippen molar-refractivity contribution in [3.05, 3.63) is 35.5 Å². The number of allylic oxidation sites excluding steroid dienone is 6. The molecule has 5 rings (SSSR count). The van der Waals surface area contributed by atoms with E-state index in [-0.39, 0.29) is 47.1 Å². The van der Waals surface area contributed by atoms with E-state index in [1.54, 1.807) is 6.08 Å². The summed E-state index contributed by atoms with van der Waals surface area (Å²) in [5.41, 5.74) is -0.873. The van der Waals surface area contributed by atoms with Gasteiger partial charge in [0.2, 0.25) is 0 Å². The molecule has 0 saturated heterocycles. The lowest BCUT2D eigenvalue weighted by molar-refractivity contribution is -0.160. The van der Waals surface area contributed by atoms with Crippen molar-refractivity contribution >= 4 is 17.3 Å². The fourth-order valence-corrected chi connectivity index (χ4v) is 8.46. The molecule has 0 unspecified atom stereocenters. The average molecular weight is 469 g/mol. The SMILES string of the molecule is C[C@H]1C[C@H]2[C@@H]3C[C@H](F)[C@@H]4CC(=O)CC[C@]4(C)C3=CC[C@]2(C)[C@@]1(O)C(=O)CC(=O)C1=CCCC=C1. The summed E-state index contributed by atoms with van der Waals surface area (Å²) >= 11 is 0. The van der Waals surface area contributed by atoms with E-state index in [0.717, 1.165) is 12.8 Å². The van der Waals surface area contributed by atoms with Crippen LogP contribution in [0.1, 0.15) is 78.6 Å². The van der Waals surface area contributed by atoms with Crippen molar-refractivity contribution in [2.75, 3.05) is 0 Å². The van der Waals surface area contributed by atoms with E-state index < -0.39 is 23.0 Å². The van der Waals surface area contributed by atoms with Gasteiger partial charge in [-0.2, -0.15) is 0 Å². The molecule has 5 aliphatic rings. The standard InChI is InChI=1S/C29H37FO4/c1-17-13-22-20-15-24(30)23-14-19(31)9-11-27(23,2)21(20)10-12-28(22,3)29(17,34)26(33)16-25(32)18-7-5-4-6-8-18/h5,7-8,10,17,20,22-24,34H,4,6,9,11-16H2,1-3H3/t17-,20+,22-,23-,24-,27+,28-,29-/m0/s1. The second-order valence-corrected chi connectivity index (χ2v) is 12.1. The number of hydrogen-bond donors (Lipinski definition) is 1. The van der Waals surface area contributed by atoms with Gasteiger partial charge in [-0.15, -0.1) is 0 Å². The Morgan fingerprint density at radius 1 is 1.15 bits per heavy atom. The Kier molecular flexibility index (Phi) is 5.66. The second-order valence-electron chi connectivity index (χ2n) is 12.1. The van der Waals surface area contributed by atoms with Crippen molar-refractivity contribution in [1.29, 1.82) is 0 Å². The summed E-state index contributed by atoms with van der Waals surface area (Å²) < 4.78 is 15.6. The van der Waals surface area contributed by atoms with Crippen molar-refractivity contribution in [2.24, 2.45) is 34.5 Å². The van der Waals surface area contributed by atoms with E-state index in [4.69, 9.17) is 0 Å². The lowest BCUT2D eigenvalue weighted by atomic mass is 9.48. The molecule has 0 radical (unpaired) electrons. The van der Waals surface area contributed by atoms with Crippen molar-refractivity contribution in [3.8, 4) is 0 Å². The number of aliphatic hydroxyl groups is 1. The van der Waals surface area contributed by atoms with E-state index in [9.17, 15) is 19.5 Å². The number of Topliss-reactive ketones (excluding diaryl/α,β-unsaturated/α-hetero) is 3. The Morgan fingerprint density at radius 3 is 2.62 bits per heavy atom. The van der Waals surface area contributed by atoms with E-state index >= 15 is 4.39 Å². The van der Waals surface area contributed by atoms with Crippen molar-refractivity contribution in [1.82, 2.24) is 0 Å². The van der Waals surface area contributed by atoms with E-state index in [2.05, 4.69) is 13.0 Å². The first-order valence-electron chi connectivity index (χ1n) is 13.0. The predicted molar refractivity (Wildman–Crippen MR) is 128 cm³/mol. The summed E-state index contributed by atoms with van der Waals surface area (Å²) in [6, 6.07) is 0. The lowest BCUT2D eigenvalue weighted by Gasteiger charge is -2.57. The number of halogens is 1. The Morgan fingerprint density at radius 2 is 1.91 bits per heavy atom. The smallest absolute Gasteiger partial charge is 0.172 e. The topological polar surface area (TPSA) is 71.4 Å². The Hall–Kier alpha value is -1.88. The van der Waals surface area contributed by atoms with E-state index in [0.29, 0.717) is 44.1 Å². The number of ketones is 3. The van der Waals surface area contributed by atoms with Gasteiger partial charge in [-0.3, -0.25) is 14.4 Å². The minimum absolute atomic E-state index is 0.0194. The Balaban J connectivity index is 1.46. The fraction of sp³-hybridized carbons (Fsp3) is 0.690. The van der Waals surface area contributed by atoms with Gasteiger partial charge in [-0.05, 0) is 61.7 Å². The van der Waals surface area contributed by atoms with Gasteiger partial charge in [0.05, 0.1) is 6.42 Å². The van der Waals surface area contributed by atoms with Crippen LogP contribution in [0.4, 0.5) is 4.39 Å². The molecule has 8 atom stereocenters. The zero-order valence-corrected chi connectivity index (χ0v) is 20.6. The highest BCUT2D eigenvalue weighted by atomic mass is 19.1. The van der Waals surface area contributed by atoms with Crippen LogP contribution >= 0.6 is 0 Å². The third-order valence-corrected chi connectivity index (χ3v) is 10.5. The third kappa shape index (κ3) is 3.22. The van der Waals surface area contributed by atoms with Crippen molar-refractivity contribution < 1.29 is 23.9 Å². The zero-order chi connectivity index (χ0) is 24.5. The van der Waals surface area contributed by atoms with Crippen LogP contribution in [0.15, 0.2) is 35.5 Å². The molecule has 5 heteroatoms. The van der Waals surface area contributed by atoms with Crippen molar-refractivity contribution in [2.45, 2.75) is 90.3 Å². The first-order chi connectivity index (χ1) is 16.0. The molecule has 0 aromatic rings. The Labute approximate surface area is 201 Å². The number of fused-ring (bicyclic) bond motifs is 5. The number of alkyl halides is 1. The molecule has 0 spiro atoms. The quantitative estimate of drug-likeness (QED) is 0.452. The van der Waals surface area contributed by atoms with Gasteiger partial charge in [0.1, 0.15) is 17.6 Å². The molecule has 0 heterocycles. The molecule has 0 aromatic heterocycles. The summed E-state index contributed by atoms with van der Waals surface area (Å²) in [6.45, 7) is 6.00. The normalized spacial score (nSPS) is 45.6. The molecule has 34 heavy (non-hydrogen) atoms. The molecule has 0 amide bonds. The molecule has 3 fully saturated rings. The third-order valence-electron chi connectivity index (χ3n) is 10.5.